The Balaban J connectivity index is 1.58. The number of amides is 1. The zero-order chi connectivity index (χ0) is 27.1. The first-order valence-electron chi connectivity index (χ1n) is 13.0. The van der Waals surface area contributed by atoms with Crippen LogP contribution >= 0.6 is 0 Å². The molecule has 2 N–H and O–H groups in total. The molecule has 1 aliphatic rings. The first kappa shape index (κ1) is 27.5. The van der Waals surface area contributed by atoms with Crippen LogP contribution in [0, 0.1) is 0 Å². The van der Waals surface area contributed by atoms with Gasteiger partial charge in [-0.05, 0) is 61.4 Å². The van der Waals surface area contributed by atoms with Gasteiger partial charge in [0.2, 0.25) is 15.9 Å². The predicted octanol–water partition coefficient (Wildman–Crippen LogP) is 4.80. The van der Waals surface area contributed by atoms with Crippen LogP contribution in [0.5, 0.6) is 5.75 Å². The predicted molar refractivity (Wildman–Crippen MR) is 153 cm³/mol. The fraction of sp³-hybridized carbons (Fsp3) is 0.345. The number of piperazine rings is 1. The number of sulfonamides is 1. The fourth-order valence-electron chi connectivity index (χ4n) is 4.62. The molecular formula is C29H36N4O4S. The Hall–Kier alpha value is -3.56. The van der Waals surface area contributed by atoms with Crippen molar-refractivity contribution >= 4 is 33.0 Å². The minimum Gasteiger partial charge on any atom is -0.497 e. The molecule has 1 unspecified atom stereocenters. The molecule has 0 aliphatic carbocycles. The Morgan fingerprint density at radius 3 is 2.24 bits per heavy atom. The quantitative estimate of drug-likeness (QED) is 0.387. The summed E-state index contributed by atoms with van der Waals surface area (Å²) in [5.41, 5.74) is 3.07. The average molecular weight is 537 g/mol. The van der Waals surface area contributed by atoms with Crippen molar-refractivity contribution in [3.05, 3.63) is 78.4 Å². The molecule has 1 fully saturated rings. The highest BCUT2D eigenvalue weighted by atomic mass is 32.2. The summed E-state index contributed by atoms with van der Waals surface area (Å²) in [5, 5.41) is 2.84. The molecule has 1 amide bonds. The normalized spacial score (nSPS) is 14.7. The number of nitrogens with one attached hydrogen (secondary N) is 2. The maximum absolute atomic E-state index is 13.7. The summed E-state index contributed by atoms with van der Waals surface area (Å²) in [5.74, 6) is 0.674. The lowest BCUT2D eigenvalue weighted by molar-refractivity contribution is -0.116. The molecule has 0 aromatic heterocycles. The van der Waals surface area contributed by atoms with E-state index in [-0.39, 0.29) is 10.8 Å². The number of hydrogen-bond acceptors (Lipinski definition) is 6. The molecule has 1 aliphatic heterocycles. The third kappa shape index (κ3) is 6.65. The van der Waals surface area contributed by atoms with Gasteiger partial charge in [-0.2, -0.15) is 0 Å². The number of methoxy groups -OCH3 is 1. The molecule has 202 valence electrons. The second kappa shape index (κ2) is 12.3. The van der Waals surface area contributed by atoms with Crippen molar-refractivity contribution in [2.45, 2.75) is 37.6 Å². The van der Waals surface area contributed by atoms with Crippen LogP contribution in [0.25, 0.3) is 0 Å². The van der Waals surface area contributed by atoms with Crippen molar-refractivity contribution in [2.75, 3.05) is 48.4 Å². The maximum atomic E-state index is 13.7. The summed E-state index contributed by atoms with van der Waals surface area (Å²) in [4.78, 5) is 16.8. The van der Waals surface area contributed by atoms with Gasteiger partial charge in [-0.1, -0.05) is 37.3 Å². The highest BCUT2D eigenvalue weighted by Gasteiger charge is 2.27. The molecule has 1 atom stereocenters. The third-order valence-electron chi connectivity index (χ3n) is 6.70. The van der Waals surface area contributed by atoms with Gasteiger partial charge in [0, 0.05) is 50.0 Å². The molecular weight excluding hydrogens is 500 g/mol. The van der Waals surface area contributed by atoms with Crippen molar-refractivity contribution < 1.29 is 17.9 Å². The molecule has 1 heterocycles. The van der Waals surface area contributed by atoms with Gasteiger partial charge in [0.25, 0.3) is 0 Å². The molecule has 38 heavy (non-hydrogen) atoms. The standard InChI is InChI=1S/C29H36N4O4S/c1-4-8-29(34)30-24-11-16-27(28(21-24)38(35,36)31-22(2)23-9-6-5-7-10-23)33-19-17-32(18-20-33)25-12-14-26(37-3)15-13-25/h5-7,9-16,21-22,31H,4,8,17-20H2,1-3H3,(H,30,34). The van der Waals surface area contributed by atoms with Crippen LogP contribution in [-0.4, -0.2) is 47.6 Å². The Morgan fingerprint density at radius 2 is 1.61 bits per heavy atom. The van der Waals surface area contributed by atoms with Crippen molar-refractivity contribution in [1.82, 2.24) is 4.72 Å². The van der Waals surface area contributed by atoms with Gasteiger partial charge < -0.3 is 19.9 Å². The van der Waals surface area contributed by atoms with Gasteiger partial charge in [0.1, 0.15) is 10.6 Å². The Kier molecular flexibility index (Phi) is 8.91. The zero-order valence-electron chi connectivity index (χ0n) is 22.2. The second-order valence-electron chi connectivity index (χ2n) is 9.41. The van der Waals surface area contributed by atoms with Crippen LogP contribution in [0.2, 0.25) is 0 Å². The summed E-state index contributed by atoms with van der Waals surface area (Å²) in [6, 6.07) is 22.1. The second-order valence-corrected chi connectivity index (χ2v) is 11.1. The number of nitrogens with zero attached hydrogens (tertiary/aromatic N) is 2. The molecule has 0 saturated carbocycles. The van der Waals surface area contributed by atoms with Crippen LogP contribution < -0.4 is 24.6 Å². The highest BCUT2D eigenvalue weighted by molar-refractivity contribution is 7.89. The Bertz CT molecular complexity index is 1320. The number of ether oxygens (including phenoxy) is 1. The number of rotatable bonds is 10. The zero-order valence-corrected chi connectivity index (χ0v) is 23.0. The first-order valence-corrected chi connectivity index (χ1v) is 14.4. The molecule has 1 saturated heterocycles. The molecule has 4 rings (SSSR count). The van der Waals surface area contributed by atoms with E-state index in [1.807, 2.05) is 68.4 Å². The molecule has 3 aromatic carbocycles. The lowest BCUT2D eigenvalue weighted by Gasteiger charge is -2.38. The van der Waals surface area contributed by atoms with Crippen molar-refractivity contribution in [3.8, 4) is 5.75 Å². The molecule has 0 bridgehead atoms. The average Bonchev–Trinajstić information content (AvgIpc) is 2.93. The monoisotopic (exact) mass is 536 g/mol. The van der Waals surface area contributed by atoms with Crippen LogP contribution in [0.4, 0.5) is 17.1 Å². The smallest absolute Gasteiger partial charge is 0.243 e. The molecule has 0 spiro atoms. The SMILES string of the molecule is CCCC(=O)Nc1ccc(N2CCN(c3ccc(OC)cc3)CC2)c(S(=O)(=O)NC(C)c2ccccc2)c1. The maximum Gasteiger partial charge on any atom is 0.243 e. The van der Waals surface area contributed by atoms with Crippen molar-refractivity contribution in [3.63, 3.8) is 0 Å². The summed E-state index contributed by atoms with van der Waals surface area (Å²) in [7, 11) is -2.25. The minimum absolute atomic E-state index is 0.137. The third-order valence-corrected chi connectivity index (χ3v) is 8.27. The van der Waals surface area contributed by atoms with Gasteiger partial charge in [0.15, 0.2) is 0 Å². The number of carbonyl (C=O) groups is 1. The van der Waals surface area contributed by atoms with Crippen LogP contribution in [-0.2, 0) is 14.8 Å². The first-order chi connectivity index (χ1) is 18.3. The van der Waals surface area contributed by atoms with Crippen LogP contribution in [0.1, 0.15) is 38.3 Å². The summed E-state index contributed by atoms with van der Waals surface area (Å²) >= 11 is 0. The lowest BCUT2D eigenvalue weighted by atomic mass is 10.1. The molecule has 9 heteroatoms. The number of carbonyl (C=O) groups excluding carboxylic acids is 1. The van der Waals surface area contributed by atoms with Gasteiger partial charge in [-0.25, -0.2) is 13.1 Å². The fourth-order valence-corrected chi connectivity index (χ4v) is 6.11. The van der Waals surface area contributed by atoms with Gasteiger partial charge in [-0.3, -0.25) is 4.79 Å². The van der Waals surface area contributed by atoms with Crippen molar-refractivity contribution in [1.29, 1.82) is 0 Å². The van der Waals surface area contributed by atoms with E-state index in [0.717, 1.165) is 30.1 Å². The Labute approximate surface area is 225 Å². The van der Waals surface area contributed by atoms with Crippen LogP contribution in [0.3, 0.4) is 0 Å². The number of hydrogen-bond donors (Lipinski definition) is 2. The highest BCUT2D eigenvalue weighted by Crippen LogP contribution is 2.31. The number of anilines is 3. The van der Waals surface area contributed by atoms with Gasteiger partial charge in [-0.15, -0.1) is 0 Å². The minimum atomic E-state index is -3.90. The molecule has 8 nitrogen and oxygen atoms in total. The van der Waals surface area contributed by atoms with Gasteiger partial charge >= 0.3 is 0 Å². The van der Waals surface area contributed by atoms with Gasteiger partial charge in [0.05, 0.1) is 12.8 Å². The molecule has 0 radical (unpaired) electrons. The van der Waals surface area contributed by atoms with E-state index in [0.29, 0.717) is 37.3 Å². The van der Waals surface area contributed by atoms with E-state index in [9.17, 15) is 13.2 Å². The van der Waals surface area contributed by atoms with E-state index in [2.05, 4.69) is 19.8 Å². The lowest BCUT2D eigenvalue weighted by Crippen LogP contribution is -2.47. The van der Waals surface area contributed by atoms with E-state index in [4.69, 9.17) is 4.74 Å². The van der Waals surface area contributed by atoms with E-state index in [1.165, 1.54) is 0 Å². The summed E-state index contributed by atoms with van der Waals surface area (Å²) in [6.07, 6.45) is 1.09. The number of benzene rings is 3. The van der Waals surface area contributed by atoms with E-state index in [1.54, 1.807) is 25.3 Å². The van der Waals surface area contributed by atoms with Crippen LogP contribution in [0.15, 0.2) is 77.7 Å². The van der Waals surface area contributed by atoms with Crippen molar-refractivity contribution in [2.24, 2.45) is 0 Å². The summed E-state index contributed by atoms with van der Waals surface area (Å²) < 4.78 is 35.5. The largest absolute Gasteiger partial charge is 0.497 e. The molecule has 3 aromatic rings. The summed E-state index contributed by atoms with van der Waals surface area (Å²) in [6.45, 7) is 6.56. The van der Waals surface area contributed by atoms with E-state index < -0.39 is 16.1 Å². The van der Waals surface area contributed by atoms with E-state index >= 15 is 0 Å². The Morgan fingerprint density at radius 1 is 0.947 bits per heavy atom. The topological polar surface area (TPSA) is 91.0 Å².